The van der Waals surface area contributed by atoms with Crippen LogP contribution in [0.3, 0.4) is 0 Å². The summed E-state index contributed by atoms with van der Waals surface area (Å²) in [4.78, 5) is 0.314. The highest BCUT2D eigenvalue weighted by molar-refractivity contribution is 9.10. The number of hydrogen-bond donors (Lipinski definition) is 2. The molecule has 0 amide bonds. The molecule has 0 bridgehead atoms. The van der Waals surface area contributed by atoms with Gasteiger partial charge in [-0.15, -0.1) is 0 Å². The van der Waals surface area contributed by atoms with Crippen LogP contribution in [0.15, 0.2) is 21.5 Å². The molecule has 0 radical (unpaired) electrons. The maximum atomic E-state index is 12.3. The van der Waals surface area contributed by atoms with Gasteiger partial charge in [0.25, 0.3) is 0 Å². The Balaban J connectivity index is 3.10. The Labute approximate surface area is 124 Å². The van der Waals surface area contributed by atoms with Crippen molar-refractivity contribution in [3.8, 4) is 0 Å². The molecule has 0 atom stereocenters. The van der Waals surface area contributed by atoms with E-state index in [9.17, 15) is 8.42 Å². The van der Waals surface area contributed by atoms with Gasteiger partial charge in [-0.2, -0.15) is 0 Å². The van der Waals surface area contributed by atoms with Gasteiger partial charge in [-0.05, 0) is 53.5 Å². The van der Waals surface area contributed by atoms with E-state index in [0.29, 0.717) is 22.5 Å². The molecular weight excluding hydrogens is 328 g/mol. The van der Waals surface area contributed by atoms with Crippen LogP contribution in [0.4, 0.5) is 0 Å². The average molecular weight is 349 g/mol. The minimum Gasteiger partial charge on any atom is -0.316 e. The maximum absolute atomic E-state index is 12.3. The summed E-state index contributed by atoms with van der Waals surface area (Å²) in [7, 11) is -1.61. The van der Waals surface area contributed by atoms with Crippen molar-refractivity contribution < 1.29 is 8.42 Å². The summed E-state index contributed by atoms with van der Waals surface area (Å²) >= 11 is 3.37. The summed E-state index contributed by atoms with van der Waals surface area (Å²) in [5.41, 5.74) is 1.88. The van der Waals surface area contributed by atoms with Gasteiger partial charge in [0.15, 0.2) is 0 Å². The van der Waals surface area contributed by atoms with Gasteiger partial charge in [0, 0.05) is 17.6 Å². The summed E-state index contributed by atoms with van der Waals surface area (Å²) in [5, 5.41) is 3.03. The van der Waals surface area contributed by atoms with Crippen molar-refractivity contribution in [3.05, 3.63) is 27.7 Å². The lowest BCUT2D eigenvalue weighted by atomic mass is 10.1. The zero-order valence-corrected chi connectivity index (χ0v) is 14.0. The molecule has 0 saturated carbocycles. The smallest absolute Gasteiger partial charge is 0.241 e. The van der Waals surface area contributed by atoms with Gasteiger partial charge in [-0.3, -0.25) is 0 Å². The standard InChI is InChI=1S/C13H21BrN2O2S/c1-4-5-6-16-19(17,18)12-8-11(9-15-3)7-10(2)13(12)14/h7-8,15-16H,4-6,9H2,1-3H3. The van der Waals surface area contributed by atoms with Crippen molar-refractivity contribution in [1.82, 2.24) is 10.0 Å². The van der Waals surface area contributed by atoms with Crippen molar-refractivity contribution in [2.45, 2.75) is 38.1 Å². The lowest BCUT2D eigenvalue weighted by molar-refractivity contribution is 0.577. The third-order valence-corrected chi connectivity index (χ3v) is 5.57. The molecule has 0 aromatic heterocycles. The van der Waals surface area contributed by atoms with E-state index in [1.54, 1.807) is 6.07 Å². The molecule has 19 heavy (non-hydrogen) atoms. The number of unbranched alkanes of at least 4 members (excludes halogenated alkanes) is 1. The lowest BCUT2D eigenvalue weighted by Gasteiger charge is -2.12. The fraction of sp³-hybridized carbons (Fsp3) is 0.538. The van der Waals surface area contributed by atoms with Gasteiger partial charge >= 0.3 is 0 Å². The molecule has 0 aliphatic rings. The summed E-state index contributed by atoms with van der Waals surface area (Å²) in [5.74, 6) is 0. The molecular formula is C13H21BrN2O2S. The highest BCUT2D eigenvalue weighted by atomic mass is 79.9. The van der Waals surface area contributed by atoms with E-state index in [4.69, 9.17) is 0 Å². The fourth-order valence-corrected chi connectivity index (χ4v) is 3.91. The van der Waals surface area contributed by atoms with Gasteiger partial charge in [0.1, 0.15) is 0 Å². The van der Waals surface area contributed by atoms with E-state index in [0.717, 1.165) is 24.0 Å². The predicted octanol–water partition coefficient (Wildman–Crippen LogP) is 2.56. The molecule has 0 unspecified atom stereocenters. The number of benzene rings is 1. The number of aryl methyl sites for hydroxylation is 1. The molecule has 1 aromatic rings. The Bertz CT molecular complexity index is 530. The zero-order valence-electron chi connectivity index (χ0n) is 11.6. The van der Waals surface area contributed by atoms with Crippen molar-refractivity contribution in [2.75, 3.05) is 13.6 Å². The van der Waals surface area contributed by atoms with Crippen molar-refractivity contribution in [3.63, 3.8) is 0 Å². The molecule has 0 aliphatic heterocycles. The molecule has 6 heteroatoms. The Kier molecular flexibility index (Phi) is 6.46. The first-order valence-corrected chi connectivity index (χ1v) is 8.63. The number of halogens is 1. The number of hydrogen-bond acceptors (Lipinski definition) is 3. The molecule has 0 spiro atoms. The number of sulfonamides is 1. The Morgan fingerprint density at radius 2 is 2.00 bits per heavy atom. The summed E-state index contributed by atoms with van der Waals surface area (Å²) in [6, 6.07) is 3.69. The third-order valence-electron chi connectivity index (χ3n) is 2.77. The van der Waals surface area contributed by atoms with Crippen LogP contribution in [0.25, 0.3) is 0 Å². The number of rotatable bonds is 7. The first-order valence-electron chi connectivity index (χ1n) is 6.35. The van der Waals surface area contributed by atoms with Crippen LogP contribution in [0, 0.1) is 6.92 Å². The molecule has 2 N–H and O–H groups in total. The first-order chi connectivity index (χ1) is 8.92. The Morgan fingerprint density at radius 1 is 1.32 bits per heavy atom. The molecule has 1 aromatic carbocycles. The predicted molar refractivity (Wildman–Crippen MR) is 81.7 cm³/mol. The quantitative estimate of drug-likeness (QED) is 0.744. The van der Waals surface area contributed by atoms with Crippen molar-refractivity contribution >= 4 is 26.0 Å². The van der Waals surface area contributed by atoms with Crippen LogP contribution < -0.4 is 10.0 Å². The van der Waals surface area contributed by atoms with Gasteiger partial charge < -0.3 is 5.32 Å². The molecule has 108 valence electrons. The second kappa shape index (κ2) is 7.38. The lowest BCUT2D eigenvalue weighted by Crippen LogP contribution is -2.25. The number of nitrogens with one attached hydrogen (secondary N) is 2. The highest BCUT2D eigenvalue weighted by Crippen LogP contribution is 2.27. The minimum absolute atomic E-state index is 0.314. The maximum Gasteiger partial charge on any atom is 0.241 e. The van der Waals surface area contributed by atoms with Gasteiger partial charge in [0.2, 0.25) is 10.0 Å². The van der Waals surface area contributed by atoms with Crippen LogP contribution in [-0.2, 0) is 16.6 Å². The van der Waals surface area contributed by atoms with Crippen LogP contribution in [0.5, 0.6) is 0 Å². The Hall–Kier alpha value is -0.430. The SMILES string of the molecule is CCCCNS(=O)(=O)c1cc(CNC)cc(C)c1Br. The van der Waals surface area contributed by atoms with E-state index in [-0.39, 0.29) is 0 Å². The largest absolute Gasteiger partial charge is 0.316 e. The van der Waals surface area contributed by atoms with E-state index >= 15 is 0 Å². The molecule has 1 rings (SSSR count). The second-order valence-electron chi connectivity index (χ2n) is 4.51. The van der Waals surface area contributed by atoms with Gasteiger partial charge in [0.05, 0.1) is 4.90 Å². The summed E-state index contributed by atoms with van der Waals surface area (Å²) in [6.07, 6.45) is 1.80. The summed E-state index contributed by atoms with van der Waals surface area (Å²) in [6.45, 7) is 5.04. The first kappa shape index (κ1) is 16.6. The minimum atomic E-state index is -3.45. The topological polar surface area (TPSA) is 58.2 Å². The van der Waals surface area contributed by atoms with E-state index < -0.39 is 10.0 Å². The van der Waals surface area contributed by atoms with Crippen LogP contribution in [-0.4, -0.2) is 22.0 Å². The van der Waals surface area contributed by atoms with Gasteiger partial charge in [-0.25, -0.2) is 13.1 Å². The van der Waals surface area contributed by atoms with Crippen LogP contribution >= 0.6 is 15.9 Å². The normalized spacial score (nSPS) is 11.8. The van der Waals surface area contributed by atoms with Gasteiger partial charge in [-0.1, -0.05) is 19.4 Å². The fourth-order valence-electron chi connectivity index (χ4n) is 1.77. The van der Waals surface area contributed by atoms with Crippen molar-refractivity contribution in [2.24, 2.45) is 0 Å². The van der Waals surface area contributed by atoms with Crippen LogP contribution in [0.2, 0.25) is 0 Å². The molecule has 0 aliphatic carbocycles. The molecule has 0 fully saturated rings. The third kappa shape index (κ3) is 4.56. The highest BCUT2D eigenvalue weighted by Gasteiger charge is 2.19. The summed E-state index contributed by atoms with van der Waals surface area (Å²) < 4.78 is 27.8. The molecule has 4 nitrogen and oxygen atoms in total. The van der Waals surface area contributed by atoms with E-state index in [1.807, 2.05) is 27.0 Å². The molecule has 0 heterocycles. The average Bonchev–Trinajstić information content (AvgIpc) is 2.34. The molecule has 0 saturated heterocycles. The van der Waals surface area contributed by atoms with E-state index in [1.165, 1.54) is 0 Å². The Morgan fingerprint density at radius 3 is 2.58 bits per heavy atom. The second-order valence-corrected chi connectivity index (χ2v) is 7.03. The monoisotopic (exact) mass is 348 g/mol. The zero-order chi connectivity index (χ0) is 14.5. The van der Waals surface area contributed by atoms with Crippen LogP contribution in [0.1, 0.15) is 30.9 Å². The van der Waals surface area contributed by atoms with E-state index in [2.05, 4.69) is 26.0 Å². The van der Waals surface area contributed by atoms with Crippen molar-refractivity contribution in [1.29, 1.82) is 0 Å².